The molecule has 2 aromatic carbocycles. The third-order valence-corrected chi connectivity index (χ3v) is 4.13. The van der Waals surface area contributed by atoms with Crippen LogP contribution in [0.4, 0.5) is 0 Å². The van der Waals surface area contributed by atoms with E-state index in [1.54, 1.807) is 21.0 Å². The molecule has 2 rings (SSSR count). The number of hydrogen-bond acceptors (Lipinski definition) is 4. The maximum atomic E-state index is 12.0. The van der Waals surface area contributed by atoms with Crippen molar-refractivity contribution in [1.29, 1.82) is 0 Å². The van der Waals surface area contributed by atoms with Crippen molar-refractivity contribution in [2.75, 3.05) is 7.11 Å². The molecule has 0 spiro atoms. The first kappa shape index (κ1) is 18.7. The SMILES string of the molecule is CCC(=O)C(Cc1ccc(Oc2ccc(OC)cc2)cc1)C(=O)CC. The Morgan fingerprint density at radius 3 is 1.68 bits per heavy atom. The largest absolute Gasteiger partial charge is 0.497 e. The van der Waals surface area contributed by atoms with Gasteiger partial charge in [-0.3, -0.25) is 9.59 Å². The molecule has 0 heterocycles. The van der Waals surface area contributed by atoms with Crippen molar-refractivity contribution >= 4 is 11.6 Å². The lowest BCUT2D eigenvalue weighted by Gasteiger charge is -2.13. The molecule has 0 N–H and O–H groups in total. The normalized spacial score (nSPS) is 10.6. The Labute approximate surface area is 148 Å². The summed E-state index contributed by atoms with van der Waals surface area (Å²) in [6.07, 6.45) is 1.21. The fourth-order valence-corrected chi connectivity index (χ4v) is 2.61. The zero-order valence-electron chi connectivity index (χ0n) is 15.0. The van der Waals surface area contributed by atoms with Gasteiger partial charge in [0, 0.05) is 12.8 Å². The Morgan fingerprint density at radius 1 is 0.800 bits per heavy atom. The lowest BCUT2D eigenvalue weighted by atomic mass is 9.89. The second-order valence-electron chi connectivity index (χ2n) is 5.82. The first-order valence-electron chi connectivity index (χ1n) is 8.53. The van der Waals surface area contributed by atoms with E-state index in [1.165, 1.54) is 0 Å². The second kappa shape index (κ2) is 9.02. The van der Waals surface area contributed by atoms with Gasteiger partial charge in [-0.2, -0.15) is 0 Å². The van der Waals surface area contributed by atoms with Crippen LogP contribution < -0.4 is 9.47 Å². The lowest BCUT2D eigenvalue weighted by molar-refractivity contribution is -0.132. The number of benzene rings is 2. The van der Waals surface area contributed by atoms with Crippen molar-refractivity contribution in [3.05, 3.63) is 54.1 Å². The molecule has 0 saturated carbocycles. The summed E-state index contributed by atoms with van der Waals surface area (Å²) >= 11 is 0. The van der Waals surface area contributed by atoms with Gasteiger partial charge >= 0.3 is 0 Å². The van der Waals surface area contributed by atoms with E-state index in [2.05, 4.69) is 0 Å². The van der Waals surface area contributed by atoms with E-state index in [9.17, 15) is 9.59 Å². The van der Waals surface area contributed by atoms with Crippen LogP contribution in [0.5, 0.6) is 17.2 Å². The van der Waals surface area contributed by atoms with E-state index in [1.807, 2.05) is 48.5 Å². The lowest BCUT2D eigenvalue weighted by Crippen LogP contribution is -2.25. The highest BCUT2D eigenvalue weighted by molar-refractivity contribution is 6.02. The Balaban J connectivity index is 2.05. The molecular formula is C21H24O4. The van der Waals surface area contributed by atoms with Crippen LogP contribution in [-0.2, 0) is 16.0 Å². The van der Waals surface area contributed by atoms with Gasteiger partial charge in [-0.05, 0) is 48.4 Å². The molecule has 0 fully saturated rings. The number of hydrogen-bond donors (Lipinski definition) is 0. The Morgan fingerprint density at radius 2 is 1.24 bits per heavy atom. The molecule has 0 amide bonds. The van der Waals surface area contributed by atoms with Gasteiger partial charge in [-0.1, -0.05) is 26.0 Å². The molecule has 4 nitrogen and oxygen atoms in total. The van der Waals surface area contributed by atoms with Crippen LogP contribution in [0, 0.1) is 5.92 Å². The second-order valence-corrected chi connectivity index (χ2v) is 5.82. The average molecular weight is 340 g/mol. The number of methoxy groups -OCH3 is 1. The molecule has 0 atom stereocenters. The highest BCUT2D eigenvalue weighted by Gasteiger charge is 2.23. The molecule has 0 bridgehead atoms. The monoisotopic (exact) mass is 340 g/mol. The summed E-state index contributed by atoms with van der Waals surface area (Å²) in [7, 11) is 1.62. The van der Waals surface area contributed by atoms with Gasteiger partial charge in [0.1, 0.15) is 28.8 Å². The van der Waals surface area contributed by atoms with Gasteiger partial charge in [-0.15, -0.1) is 0 Å². The molecule has 25 heavy (non-hydrogen) atoms. The topological polar surface area (TPSA) is 52.6 Å². The summed E-state index contributed by atoms with van der Waals surface area (Å²) < 4.78 is 10.9. The number of carbonyl (C=O) groups is 2. The summed E-state index contributed by atoms with van der Waals surface area (Å²) in [5.74, 6) is 1.66. The average Bonchev–Trinajstić information content (AvgIpc) is 2.66. The predicted molar refractivity (Wildman–Crippen MR) is 97.3 cm³/mol. The van der Waals surface area contributed by atoms with Crippen LogP contribution in [0.2, 0.25) is 0 Å². The number of carbonyl (C=O) groups excluding carboxylic acids is 2. The quantitative estimate of drug-likeness (QED) is 0.626. The first-order chi connectivity index (χ1) is 12.1. The molecule has 0 unspecified atom stereocenters. The maximum Gasteiger partial charge on any atom is 0.143 e. The number of ether oxygens (including phenoxy) is 2. The van der Waals surface area contributed by atoms with Gasteiger partial charge in [0.05, 0.1) is 13.0 Å². The van der Waals surface area contributed by atoms with Gasteiger partial charge in [0.2, 0.25) is 0 Å². The van der Waals surface area contributed by atoms with E-state index in [0.717, 1.165) is 11.3 Å². The fraction of sp³-hybridized carbons (Fsp3) is 0.333. The number of ketones is 2. The van der Waals surface area contributed by atoms with E-state index >= 15 is 0 Å². The van der Waals surface area contributed by atoms with E-state index in [-0.39, 0.29) is 11.6 Å². The van der Waals surface area contributed by atoms with Crippen LogP contribution in [0.3, 0.4) is 0 Å². The summed E-state index contributed by atoms with van der Waals surface area (Å²) in [5, 5.41) is 0. The van der Waals surface area contributed by atoms with Crippen molar-refractivity contribution in [2.24, 2.45) is 5.92 Å². The Bertz CT molecular complexity index is 686. The molecule has 0 aliphatic rings. The number of rotatable bonds is 9. The summed E-state index contributed by atoms with van der Waals surface area (Å²) in [6, 6.07) is 14.8. The third kappa shape index (κ3) is 5.18. The van der Waals surface area contributed by atoms with Crippen LogP contribution >= 0.6 is 0 Å². The molecule has 0 aromatic heterocycles. The van der Waals surface area contributed by atoms with Gasteiger partial charge in [0.15, 0.2) is 0 Å². The standard InChI is InChI=1S/C21H24O4/c1-4-20(22)19(21(23)5-2)14-15-6-8-17(9-7-15)25-18-12-10-16(24-3)11-13-18/h6-13,19H,4-5,14H2,1-3H3. The molecular weight excluding hydrogens is 316 g/mol. The molecule has 2 aromatic rings. The van der Waals surface area contributed by atoms with Crippen molar-refractivity contribution in [1.82, 2.24) is 0 Å². The zero-order valence-corrected chi connectivity index (χ0v) is 15.0. The van der Waals surface area contributed by atoms with Gasteiger partial charge in [0.25, 0.3) is 0 Å². The molecule has 4 heteroatoms. The van der Waals surface area contributed by atoms with Crippen LogP contribution in [0.15, 0.2) is 48.5 Å². The van der Waals surface area contributed by atoms with Crippen LogP contribution in [0.25, 0.3) is 0 Å². The van der Waals surface area contributed by atoms with Crippen molar-refractivity contribution < 1.29 is 19.1 Å². The van der Waals surface area contributed by atoms with Gasteiger partial charge < -0.3 is 9.47 Å². The minimum absolute atomic E-state index is 0.00501. The van der Waals surface area contributed by atoms with Crippen LogP contribution in [-0.4, -0.2) is 18.7 Å². The van der Waals surface area contributed by atoms with Gasteiger partial charge in [-0.25, -0.2) is 0 Å². The molecule has 132 valence electrons. The summed E-state index contributed by atoms with van der Waals surface area (Å²) in [4.78, 5) is 24.0. The minimum atomic E-state index is -0.539. The number of Topliss-reactive ketones (excluding diaryl/α,β-unsaturated/α-hetero) is 2. The Kier molecular flexibility index (Phi) is 6.75. The van der Waals surface area contributed by atoms with Crippen molar-refractivity contribution in [2.45, 2.75) is 33.1 Å². The highest BCUT2D eigenvalue weighted by atomic mass is 16.5. The van der Waals surface area contributed by atoms with Crippen molar-refractivity contribution in [3.8, 4) is 17.2 Å². The van der Waals surface area contributed by atoms with E-state index in [0.29, 0.717) is 30.8 Å². The smallest absolute Gasteiger partial charge is 0.143 e. The summed E-state index contributed by atoms with van der Waals surface area (Å²) in [6.45, 7) is 3.59. The predicted octanol–water partition coefficient (Wildman–Crippen LogP) is 4.60. The maximum absolute atomic E-state index is 12.0. The van der Waals surface area contributed by atoms with E-state index in [4.69, 9.17) is 9.47 Å². The Hall–Kier alpha value is -2.62. The van der Waals surface area contributed by atoms with Crippen molar-refractivity contribution in [3.63, 3.8) is 0 Å². The van der Waals surface area contributed by atoms with Crippen LogP contribution in [0.1, 0.15) is 32.3 Å². The molecule has 0 aliphatic heterocycles. The third-order valence-electron chi connectivity index (χ3n) is 4.13. The minimum Gasteiger partial charge on any atom is -0.497 e. The molecule has 0 aliphatic carbocycles. The molecule has 0 saturated heterocycles. The van der Waals surface area contributed by atoms with E-state index < -0.39 is 5.92 Å². The first-order valence-corrected chi connectivity index (χ1v) is 8.53. The molecule has 0 radical (unpaired) electrons. The fourth-order valence-electron chi connectivity index (χ4n) is 2.61. The highest BCUT2D eigenvalue weighted by Crippen LogP contribution is 2.25. The summed E-state index contributed by atoms with van der Waals surface area (Å²) in [5.41, 5.74) is 0.954. The zero-order chi connectivity index (χ0) is 18.2.